The summed E-state index contributed by atoms with van der Waals surface area (Å²) in [6.07, 6.45) is 9.71. The molecule has 32 heavy (non-hydrogen) atoms. The first kappa shape index (κ1) is 19.2. The lowest BCUT2D eigenvalue weighted by Gasteiger charge is -2.21. The molecule has 0 aliphatic heterocycles. The number of nitrogens with one attached hydrogen (secondary N) is 2. The number of furan rings is 2. The van der Waals surface area contributed by atoms with Crippen molar-refractivity contribution in [2.24, 2.45) is 0 Å². The van der Waals surface area contributed by atoms with Crippen molar-refractivity contribution >= 4 is 33.1 Å². The van der Waals surface area contributed by atoms with Crippen LogP contribution >= 0.6 is 0 Å². The number of rotatable bonds is 2. The molecule has 7 heteroatoms. The zero-order valence-corrected chi connectivity index (χ0v) is 18.0. The Morgan fingerprint density at radius 2 is 1.78 bits per heavy atom. The van der Waals surface area contributed by atoms with Crippen LogP contribution < -0.4 is 11.0 Å². The van der Waals surface area contributed by atoms with E-state index in [0.29, 0.717) is 33.4 Å². The SMILES string of the molecule is Cc1c(=O)ccc2c1oc1c(-c3ccco3)c3c(=O)[nH]n(C4CCCCCCC4)c3[nH]c12. The quantitative estimate of drug-likeness (QED) is 0.371. The smallest absolute Gasteiger partial charge is 0.274 e. The van der Waals surface area contributed by atoms with Crippen molar-refractivity contribution in [3.63, 3.8) is 0 Å². The molecule has 4 heterocycles. The number of benzene rings is 1. The summed E-state index contributed by atoms with van der Waals surface area (Å²) in [5, 5.41) is 4.45. The molecule has 1 fully saturated rings. The number of aromatic amines is 2. The van der Waals surface area contributed by atoms with Gasteiger partial charge in [-0.05, 0) is 44.0 Å². The Bertz CT molecular complexity index is 1550. The number of hydrogen-bond acceptors (Lipinski definition) is 4. The third-order valence-corrected chi connectivity index (χ3v) is 6.91. The molecule has 5 aromatic rings. The Balaban J connectivity index is 1.73. The highest BCUT2D eigenvalue weighted by Gasteiger charge is 2.26. The summed E-state index contributed by atoms with van der Waals surface area (Å²) >= 11 is 0. The van der Waals surface area contributed by atoms with Gasteiger partial charge < -0.3 is 13.8 Å². The molecular weight excluding hydrogens is 406 g/mol. The van der Waals surface area contributed by atoms with Gasteiger partial charge in [-0.25, -0.2) is 0 Å². The van der Waals surface area contributed by atoms with E-state index in [9.17, 15) is 9.59 Å². The molecule has 0 atom stereocenters. The van der Waals surface area contributed by atoms with Gasteiger partial charge in [0, 0.05) is 10.9 Å². The second kappa shape index (κ2) is 7.29. The van der Waals surface area contributed by atoms with E-state index in [1.54, 1.807) is 31.4 Å². The fourth-order valence-electron chi connectivity index (χ4n) is 5.24. The zero-order valence-electron chi connectivity index (χ0n) is 18.0. The Hall–Kier alpha value is -3.48. The molecule has 1 saturated carbocycles. The number of fused-ring (bicyclic) bond motifs is 4. The van der Waals surface area contributed by atoms with Crippen molar-refractivity contribution in [1.82, 2.24) is 14.8 Å². The minimum absolute atomic E-state index is 0.0717. The van der Waals surface area contributed by atoms with Gasteiger partial charge in [0.1, 0.15) is 17.0 Å². The lowest BCUT2D eigenvalue weighted by Crippen LogP contribution is -2.15. The molecular formula is C25H25N3O4. The van der Waals surface area contributed by atoms with Gasteiger partial charge in [0.15, 0.2) is 11.0 Å². The second-order valence-electron chi connectivity index (χ2n) is 8.88. The molecule has 6 rings (SSSR count). The zero-order chi connectivity index (χ0) is 21.8. The number of nitrogens with zero attached hydrogens (tertiary/aromatic N) is 1. The summed E-state index contributed by atoms with van der Waals surface area (Å²) in [7, 11) is 0. The first-order valence-corrected chi connectivity index (χ1v) is 11.4. The van der Waals surface area contributed by atoms with Crippen LogP contribution in [-0.2, 0) is 0 Å². The standard InChI is InChI=1S/C25H25N3O4/c1-14-17(29)12-11-16-21-23(32-22(14)16)19(18-10-7-13-31-18)20-24(26-21)28(27-25(20)30)15-8-5-3-2-4-6-9-15/h7,10-13,15,26H,2-6,8-9H2,1H3,(H,27,30). The van der Waals surface area contributed by atoms with Gasteiger partial charge in [-0.1, -0.05) is 32.1 Å². The number of aryl methyl sites for hydroxylation is 1. The van der Waals surface area contributed by atoms with E-state index in [1.165, 1.54) is 19.3 Å². The molecule has 1 aliphatic carbocycles. The van der Waals surface area contributed by atoms with Crippen molar-refractivity contribution in [2.75, 3.05) is 0 Å². The summed E-state index contributed by atoms with van der Waals surface area (Å²) in [6.45, 7) is 1.76. The molecule has 4 aromatic heterocycles. The highest BCUT2D eigenvalue weighted by atomic mass is 16.3. The molecule has 1 aromatic carbocycles. The average molecular weight is 431 g/mol. The van der Waals surface area contributed by atoms with Crippen LogP contribution in [0.25, 0.3) is 44.4 Å². The summed E-state index contributed by atoms with van der Waals surface area (Å²) in [6, 6.07) is 7.21. The fourth-order valence-corrected chi connectivity index (χ4v) is 5.24. The topological polar surface area (TPSA) is 96.9 Å². The van der Waals surface area contributed by atoms with Gasteiger partial charge in [0.25, 0.3) is 5.56 Å². The van der Waals surface area contributed by atoms with Gasteiger partial charge in [0.05, 0.1) is 28.8 Å². The molecule has 0 unspecified atom stereocenters. The normalized spacial score (nSPS) is 16.2. The molecule has 2 N–H and O–H groups in total. The third-order valence-electron chi connectivity index (χ3n) is 6.91. The van der Waals surface area contributed by atoms with Crippen molar-refractivity contribution in [3.05, 3.63) is 56.7 Å². The van der Waals surface area contributed by atoms with E-state index in [4.69, 9.17) is 8.83 Å². The predicted octanol–water partition coefficient (Wildman–Crippen LogP) is 5.77. The van der Waals surface area contributed by atoms with Crippen LogP contribution in [0, 0.1) is 6.92 Å². The van der Waals surface area contributed by atoms with Crippen molar-refractivity contribution < 1.29 is 8.83 Å². The van der Waals surface area contributed by atoms with Crippen LogP contribution in [0.3, 0.4) is 0 Å². The van der Waals surface area contributed by atoms with Crippen LogP contribution in [0.2, 0.25) is 0 Å². The summed E-state index contributed by atoms with van der Waals surface area (Å²) in [4.78, 5) is 29.0. The Morgan fingerprint density at radius 1 is 1.00 bits per heavy atom. The Morgan fingerprint density at radius 3 is 2.53 bits per heavy atom. The van der Waals surface area contributed by atoms with Crippen LogP contribution in [0.4, 0.5) is 0 Å². The lowest BCUT2D eigenvalue weighted by atomic mass is 9.97. The third kappa shape index (κ3) is 2.80. The van der Waals surface area contributed by atoms with Crippen molar-refractivity contribution in [2.45, 2.75) is 57.9 Å². The second-order valence-corrected chi connectivity index (χ2v) is 8.88. The lowest BCUT2D eigenvalue weighted by molar-refractivity contribution is 0.353. The maximum atomic E-state index is 13.3. The molecule has 0 bridgehead atoms. The maximum absolute atomic E-state index is 13.3. The number of aromatic nitrogens is 3. The van der Waals surface area contributed by atoms with Gasteiger partial charge in [-0.3, -0.25) is 19.4 Å². The Labute approximate surface area is 183 Å². The largest absolute Gasteiger partial charge is 0.464 e. The van der Waals surface area contributed by atoms with E-state index < -0.39 is 0 Å². The van der Waals surface area contributed by atoms with Crippen molar-refractivity contribution in [1.29, 1.82) is 0 Å². The monoisotopic (exact) mass is 431 g/mol. The molecule has 0 saturated heterocycles. The Kier molecular flexibility index (Phi) is 4.38. The highest BCUT2D eigenvalue weighted by Crippen LogP contribution is 2.40. The predicted molar refractivity (Wildman–Crippen MR) is 124 cm³/mol. The summed E-state index contributed by atoms with van der Waals surface area (Å²) in [5.41, 5.74) is 3.50. The molecule has 0 radical (unpaired) electrons. The van der Waals surface area contributed by atoms with Crippen LogP contribution in [-0.4, -0.2) is 14.8 Å². The van der Waals surface area contributed by atoms with Gasteiger partial charge in [0.2, 0.25) is 0 Å². The van der Waals surface area contributed by atoms with Gasteiger partial charge >= 0.3 is 0 Å². The average Bonchev–Trinajstić information content (AvgIpc) is 3.48. The number of hydrogen-bond donors (Lipinski definition) is 2. The van der Waals surface area contributed by atoms with E-state index in [1.807, 2.05) is 10.7 Å². The molecule has 1 aliphatic rings. The molecule has 0 spiro atoms. The summed E-state index contributed by atoms with van der Waals surface area (Å²) in [5.74, 6) is 0.564. The minimum atomic E-state index is -0.173. The maximum Gasteiger partial charge on any atom is 0.274 e. The van der Waals surface area contributed by atoms with E-state index in [0.717, 1.165) is 42.2 Å². The summed E-state index contributed by atoms with van der Waals surface area (Å²) < 4.78 is 14.0. The first-order chi connectivity index (χ1) is 15.6. The van der Waals surface area contributed by atoms with Gasteiger partial charge in [-0.15, -0.1) is 0 Å². The molecule has 164 valence electrons. The minimum Gasteiger partial charge on any atom is -0.464 e. The highest BCUT2D eigenvalue weighted by molar-refractivity contribution is 6.14. The molecule has 7 nitrogen and oxygen atoms in total. The van der Waals surface area contributed by atoms with Crippen LogP contribution in [0.5, 0.6) is 0 Å². The molecule has 0 amide bonds. The van der Waals surface area contributed by atoms with Crippen molar-refractivity contribution in [3.8, 4) is 11.3 Å². The van der Waals surface area contributed by atoms with Crippen LogP contribution in [0.1, 0.15) is 56.6 Å². The van der Waals surface area contributed by atoms with Crippen LogP contribution in [0.15, 0.2) is 49.0 Å². The van der Waals surface area contributed by atoms with E-state index in [-0.39, 0.29) is 17.0 Å². The fraction of sp³-hybridized carbons (Fsp3) is 0.360. The van der Waals surface area contributed by atoms with Gasteiger partial charge in [-0.2, -0.15) is 0 Å². The number of pyridine rings is 1. The van der Waals surface area contributed by atoms with E-state index in [2.05, 4.69) is 10.1 Å². The first-order valence-electron chi connectivity index (χ1n) is 11.4. The van der Waals surface area contributed by atoms with E-state index >= 15 is 0 Å². The number of H-pyrrole nitrogens is 2.